The molecule has 4 heteroatoms. The summed E-state index contributed by atoms with van der Waals surface area (Å²) in [4.78, 5) is 4.30. The lowest BCUT2D eigenvalue weighted by atomic mass is 10.0. The minimum Gasteiger partial charge on any atom is -0.481 e. The minimum atomic E-state index is 0.599. The number of ether oxygens (including phenoxy) is 2. The molecule has 1 N–H and O–H groups in total. The summed E-state index contributed by atoms with van der Waals surface area (Å²) in [6, 6.07) is 5.73. The van der Waals surface area contributed by atoms with Crippen molar-refractivity contribution in [2.24, 2.45) is 5.92 Å². The van der Waals surface area contributed by atoms with Gasteiger partial charge in [-0.25, -0.2) is 0 Å². The van der Waals surface area contributed by atoms with Crippen molar-refractivity contribution in [3.63, 3.8) is 0 Å². The smallest absolute Gasteiger partial charge is 0.214 e. The Kier molecular flexibility index (Phi) is 3.99. The van der Waals surface area contributed by atoms with Gasteiger partial charge in [0.25, 0.3) is 0 Å². The number of aromatic nitrogens is 1. The number of pyridine rings is 1. The van der Waals surface area contributed by atoms with Crippen LogP contribution in [0.15, 0.2) is 18.2 Å². The van der Waals surface area contributed by atoms with Crippen LogP contribution in [-0.2, 0) is 4.74 Å². The van der Waals surface area contributed by atoms with Crippen LogP contribution >= 0.6 is 0 Å². The van der Waals surface area contributed by atoms with Gasteiger partial charge in [0.2, 0.25) is 5.88 Å². The zero-order chi connectivity index (χ0) is 11.2. The van der Waals surface area contributed by atoms with E-state index >= 15 is 0 Å². The van der Waals surface area contributed by atoms with Gasteiger partial charge >= 0.3 is 0 Å². The molecule has 16 heavy (non-hydrogen) atoms. The maximum atomic E-state index is 5.43. The second-order valence-corrected chi connectivity index (χ2v) is 4.03. The van der Waals surface area contributed by atoms with Crippen LogP contribution in [-0.4, -0.2) is 31.9 Å². The van der Waals surface area contributed by atoms with Gasteiger partial charge in [-0.05, 0) is 24.8 Å². The Morgan fingerprint density at radius 3 is 3.25 bits per heavy atom. The van der Waals surface area contributed by atoms with Gasteiger partial charge in [-0.15, -0.1) is 0 Å². The molecule has 0 aromatic carbocycles. The summed E-state index contributed by atoms with van der Waals surface area (Å²) in [7, 11) is 1.63. The maximum absolute atomic E-state index is 5.43. The Hall–Kier alpha value is -1.29. The first-order valence-electron chi connectivity index (χ1n) is 5.71. The summed E-state index contributed by atoms with van der Waals surface area (Å²) in [6.07, 6.45) is 2.40. The predicted octanol–water partition coefficient (Wildman–Crippen LogP) is 1.93. The van der Waals surface area contributed by atoms with Crippen LogP contribution in [0.4, 0.5) is 5.82 Å². The lowest BCUT2D eigenvalue weighted by Crippen LogP contribution is -2.24. The SMILES string of the molecule is COc1cccc(NCC2CCCOC2)n1. The van der Waals surface area contributed by atoms with Gasteiger partial charge in [-0.3, -0.25) is 0 Å². The number of nitrogens with one attached hydrogen (secondary N) is 1. The fraction of sp³-hybridized carbons (Fsp3) is 0.583. The largest absolute Gasteiger partial charge is 0.481 e. The van der Waals surface area contributed by atoms with Crippen LogP contribution in [0.3, 0.4) is 0 Å². The summed E-state index contributed by atoms with van der Waals surface area (Å²) < 4.78 is 10.5. The zero-order valence-electron chi connectivity index (χ0n) is 9.61. The number of rotatable bonds is 4. The van der Waals surface area contributed by atoms with Crippen molar-refractivity contribution in [1.29, 1.82) is 0 Å². The van der Waals surface area contributed by atoms with Gasteiger partial charge in [-0.1, -0.05) is 6.07 Å². The van der Waals surface area contributed by atoms with E-state index in [9.17, 15) is 0 Å². The first kappa shape index (κ1) is 11.2. The highest BCUT2D eigenvalue weighted by Crippen LogP contribution is 2.15. The highest BCUT2D eigenvalue weighted by atomic mass is 16.5. The molecular weight excluding hydrogens is 204 g/mol. The molecule has 0 aliphatic carbocycles. The molecule has 1 fully saturated rings. The van der Waals surface area contributed by atoms with Crippen molar-refractivity contribution < 1.29 is 9.47 Å². The lowest BCUT2D eigenvalue weighted by molar-refractivity contribution is 0.0595. The van der Waals surface area contributed by atoms with E-state index in [1.54, 1.807) is 7.11 Å². The van der Waals surface area contributed by atoms with Crippen molar-refractivity contribution in [3.8, 4) is 5.88 Å². The van der Waals surface area contributed by atoms with Crippen LogP contribution in [0, 0.1) is 5.92 Å². The molecule has 2 rings (SSSR count). The van der Waals surface area contributed by atoms with Gasteiger partial charge in [0.1, 0.15) is 5.82 Å². The van der Waals surface area contributed by atoms with Crippen LogP contribution in [0.2, 0.25) is 0 Å². The molecule has 1 aromatic heterocycles. The Morgan fingerprint density at radius 1 is 1.56 bits per heavy atom. The summed E-state index contributed by atoms with van der Waals surface area (Å²) in [6.45, 7) is 2.69. The van der Waals surface area contributed by atoms with E-state index in [-0.39, 0.29) is 0 Å². The molecular formula is C12H18N2O2. The third-order valence-corrected chi connectivity index (χ3v) is 2.76. The molecule has 0 amide bonds. The molecule has 0 bridgehead atoms. The average Bonchev–Trinajstić information content (AvgIpc) is 2.38. The van der Waals surface area contributed by atoms with Gasteiger partial charge in [0.15, 0.2) is 0 Å². The molecule has 1 saturated heterocycles. The van der Waals surface area contributed by atoms with E-state index in [4.69, 9.17) is 9.47 Å². The van der Waals surface area contributed by atoms with E-state index in [0.29, 0.717) is 11.8 Å². The number of hydrogen-bond acceptors (Lipinski definition) is 4. The average molecular weight is 222 g/mol. The Bertz CT molecular complexity index is 325. The lowest BCUT2D eigenvalue weighted by Gasteiger charge is -2.22. The molecule has 1 aliphatic heterocycles. The van der Waals surface area contributed by atoms with Crippen molar-refractivity contribution >= 4 is 5.82 Å². The molecule has 2 heterocycles. The quantitative estimate of drug-likeness (QED) is 0.845. The molecule has 88 valence electrons. The van der Waals surface area contributed by atoms with Gasteiger partial charge < -0.3 is 14.8 Å². The molecule has 0 saturated carbocycles. The fourth-order valence-corrected chi connectivity index (χ4v) is 1.84. The second kappa shape index (κ2) is 5.70. The number of hydrogen-bond donors (Lipinski definition) is 1. The van der Waals surface area contributed by atoms with Crippen LogP contribution in [0.1, 0.15) is 12.8 Å². The first-order chi connectivity index (χ1) is 7.88. The van der Waals surface area contributed by atoms with Crippen molar-refractivity contribution in [1.82, 2.24) is 4.98 Å². The molecule has 1 aliphatic rings. The third kappa shape index (κ3) is 3.10. The minimum absolute atomic E-state index is 0.599. The Labute approximate surface area is 96.0 Å². The van der Waals surface area contributed by atoms with Crippen molar-refractivity contribution in [2.45, 2.75) is 12.8 Å². The Morgan fingerprint density at radius 2 is 2.50 bits per heavy atom. The summed E-state index contributed by atoms with van der Waals surface area (Å²) in [5.74, 6) is 2.11. The summed E-state index contributed by atoms with van der Waals surface area (Å²) in [5, 5.41) is 3.32. The maximum Gasteiger partial charge on any atom is 0.214 e. The highest BCUT2D eigenvalue weighted by molar-refractivity contribution is 5.36. The molecule has 1 unspecified atom stereocenters. The van der Waals surface area contributed by atoms with Crippen LogP contribution in [0.25, 0.3) is 0 Å². The molecule has 4 nitrogen and oxygen atoms in total. The standard InChI is InChI=1S/C12H18N2O2/c1-15-12-6-2-5-11(14-12)13-8-10-4-3-7-16-9-10/h2,5-6,10H,3-4,7-9H2,1H3,(H,13,14). The van der Waals surface area contributed by atoms with Gasteiger partial charge in [0, 0.05) is 19.2 Å². The fourth-order valence-electron chi connectivity index (χ4n) is 1.84. The molecule has 0 radical (unpaired) electrons. The van der Waals surface area contributed by atoms with E-state index in [2.05, 4.69) is 10.3 Å². The van der Waals surface area contributed by atoms with Gasteiger partial charge in [-0.2, -0.15) is 4.98 Å². The third-order valence-electron chi connectivity index (χ3n) is 2.76. The van der Waals surface area contributed by atoms with E-state index in [1.165, 1.54) is 6.42 Å². The number of nitrogens with zero attached hydrogens (tertiary/aromatic N) is 1. The highest BCUT2D eigenvalue weighted by Gasteiger charge is 2.13. The monoisotopic (exact) mass is 222 g/mol. The second-order valence-electron chi connectivity index (χ2n) is 4.03. The van der Waals surface area contributed by atoms with Crippen LogP contribution < -0.4 is 10.1 Å². The van der Waals surface area contributed by atoms with Gasteiger partial charge in [0.05, 0.1) is 13.7 Å². The number of methoxy groups -OCH3 is 1. The van der Waals surface area contributed by atoms with Crippen molar-refractivity contribution in [2.75, 3.05) is 32.2 Å². The van der Waals surface area contributed by atoms with E-state index in [1.807, 2.05) is 18.2 Å². The first-order valence-corrected chi connectivity index (χ1v) is 5.71. The molecule has 1 aromatic rings. The summed E-state index contributed by atoms with van der Waals surface area (Å²) >= 11 is 0. The number of anilines is 1. The Balaban J connectivity index is 1.83. The normalized spacial score (nSPS) is 20.4. The topological polar surface area (TPSA) is 43.4 Å². The van der Waals surface area contributed by atoms with Crippen LogP contribution in [0.5, 0.6) is 5.88 Å². The van der Waals surface area contributed by atoms with E-state index < -0.39 is 0 Å². The molecule has 1 atom stereocenters. The van der Waals surface area contributed by atoms with Crippen molar-refractivity contribution in [3.05, 3.63) is 18.2 Å². The predicted molar refractivity (Wildman–Crippen MR) is 62.8 cm³/mol. The molecule has 0 spiro atoms. The zero-order valence-corrected chi connectivity index (χ0v) is 9.61. The summed E-state index contributed by atoms with van der Waals surface area (Å²) in [5.41, 5.74) is 0. The van der Waals surface area contributed by atoms with E-state index in [0.717, 1.165) is 32.0 Å².